The van der Waals surface area contributed by atoms with Crippen molar-refractivity contribution in [3.05, 3.63) is 65.5 Å². The summed E-state index contributed by atoms with van der Waals surface area (Å²) in [5, 5.41) is 2.86. The number of benzene rings is 1. The van der Waals surface area contributed by atoms with E-state index in [1.807, 2.05) is 43.3 Å². The Balaban J connectivity index is 1.80. The number of sulfonamides is 1. The smallest absolute Gasteiger partial charge is 0.220 e. The highest BCUT2D eigenvalue weighted by Crippen LogP contribution is 2.18. The van der Waals surface area contributed by atoms with Gasteiger partial charge in [0.15, 0.2) is 0 Å². The van der Waals surface area contributed by atoms with Gasteiger partial charge in [0.2, 0.25) is 15.9 Å². The fraction of sp³-hybridized carbons (Fsp3) is 0.368. The van der Waals surface area contributed by atoms with Gasteiger partial charge in [0, 0.05) is 37.9 Å². The van der Waals surface area contributed by atoms with Crippen molar-refractivity contribution in [1.29, 1.82) is 0 Å². The number of hydrogen-bond donors (Lipinski definition) is 1. The van der Waals surface area contributed by atoms with Gasteiger partial charge in [0.05, 0.1) is 5.75 Å². The highest BCUT2D eigenvalue weighted by molar-refractivity contribution is 7.88. The third-order valence-corrected chi connectivity index (χ3v) is 6.24. The zero-order valence-corrected chi connectivity index (χ0v) is 15.6. The van der Waals surface area contributed by atoms with Crippen LogP contribution in [0.25, 0.3) is 0 Å². The summed E-state index contributed by atoms with van der Waals surface area (Å²) in [7, 11) is -3.53. The highest BCUT2D eigenvalue weighted by Gasteiger charge is 2.29. The molecule has 0 spiro atoms. The number of carbonyl (C=O) groups excluding carboxylic acids is 1. The second kappa shape index (κ2) is 7.97. The minimum absolute atomic E-state index is 0.0187. The van der Waals surface area contributed by atoms with Gasteiger partial charge in [-0.05, 0) is 36.6 Å². The Bertz CT molecular complexity index is 851. The van der Waals surface area contributed by atoms with E-state index in [0.717, 1.165) is 16.7 Å². The van der Waals surface area contributed by atoms with E-state index in [9.17, 15) is 13.2 Å². The molecule has 0 saturated carbocycles. The van der Waals surface area contributed by atoms with E-state index in [4.69, 9.17) is 0 Å². The van der Waals surface area contributed by atoms with Crippen LogP contribution in [0, 0.1) is 6.92 Å². The fourth-order valence-corrected chi connectivity index (χ4v) is 4.56. The molecule has 3 rings (SSSR count). The SMILES string of the molecule is Cc1ccc(CS(=O)(=O)N(Cc2ccncc2)C[C@@H]2CCC(=O)N2)cc1. The molecule has 1 fully saturated rings. The molecule has 1 aliphatic heterocycles. The van der Waals surface area contributed by atoms with Gasteiger partial charge in [-0.3, -0.25) is 9.78 Å². The summed E-state index contributed by atoms with van der Waals surface area (Å²) in [4.78, 5) is 15.5. The van der Waals surface area contributed by atoms with E-state index in [1.165, 1.54) is 4.31 Å². The minimum atomic E-state index is -3.53. The zero-order chi connectivity index (χ0) is 18.6. The van der Waals surface area contributed by atoms with E-state index in [0.29, 0.717) is 12.8 Å². The summed E-state index contributed by atoms with van der Waals surface area (Å²) in [5.41, 5.74) is 2.72. The highest BCUT2D eigenvalue weighted by atomic mass is 32.2. The molecule has 1 saturated heterocycles. The number of carbonyl (C=O) groups is 1. The molecular weight excluding hydrogens is 350 g/mol. The lowest BCUT2D eigenvalue weighted by atomic mass is 10.2. The van der Waals surface area contributed by atoms with Crippen molar-refractivity contribution in [2.24, 2.45) is 0 Å². The minimum Gasteiger partial charge on any atom is -0.352 e. The van der Waals surface area contributed by atoms with Gasteiger partial charge in [-0.15, -0.1) is 0 Å². The molecule has 1 N–H and O–H groups in total. The van der Waals surface area contributed by atoms with Crippen LogP contribution in [0.15, 0.2) is 48.8 Å². The summed E-state index contributed by atoms with van der Waals surface area (Å²) in [5.74, 6) is -0.0752. The summed E-state index contributed by atoms with van der Waals surface area (Å²) < 4.78 is 27.6. The molecule has 1 aromatic carbocycles. The maximum absolute atomic E-state index is 13.1. The van der Waals surface area contributed by atoms with E-state index in [-0.39, 0.29) is 30.8 Å². The van der Waals surface area contributed by atoms with Crippen LogP contribution < -0.4 is 5.32 Å². The molecular formula is C19H23N3O3S. The number of amides is 1. The average Bonchev–Trinajstić information content (AvgIpc) is 3.02. The van der Waals surface area contributed by atoms with Crippen molar-refractivity contribution in [3.63, 3.8) is 0 Å². The van der Waals surface area contributed by atoms with E-state index < -0.39 is 10.0 Å². The van der Waals surface area contributed by atoms with Crippen molar-refractivity contribution in [2.75, 3.05) is 6.54 Å². The van der Waals surface area contributed by atoms with Crippen LogP contribution in [0.1, 0.15) is 29.5 Å². The summed E-state index contributed by atoms with van der Waals surface area (Å²) in [6.07, 6.45) is 4.41. The normalized spacial score (nSPS) is 17.5. The number of nitrogens with one attached hydrogen (secondary N) is 1. The Labute approximate surface area is 154 Å². The maximum atomic E-state index is 13.1. The molecule has 26 heavy (non-hydrogen) atoms. The topological polar surface area (TPSA) is 79.4 Å². The molecule has 0 aliphatic carbocycles. The lowest BCUT2D eigenvalue weighted by Gasteiger charge is -2.25. The van der Waals surface area contributed by atoms with E-state index >= 15 is 0 Å². The van der Waals surface area contributed by atoms with Crippen LogP contribution in [0.5, 0.6) is 0 Å². The quantitative estimate of drug-likeness (QED) is 0.805. The molecule has 0 unspecified atom stereocenters. The molecule has 138 valence electrons. The van der Waals surface area contributed by atoms with E-state index in [2.05, 4.69) is 10.3 Å². The van der Waals surface area contributed by atoms with Crippen LogP contribution in [-0.2, 0) is 27.1 Å². The Morgan fingerprint density at radius 1 is 1.12 bits per heavy atom. The summed E-state index contributed by atoms with van der Waals surface area (Å²) in [6, 6.07) is 11.0. The second-order valence-electron chi connectivity index (χ2n) is 6.69. The molecule has 6 nitrogen and oxygen atoms in total. The van der Waals surface area contributed by atoms with Gasteiger partial charge >= 0.3 is 0 Å². The number of nitrogens with zero attached hydrogens (tertiary/aromatic N) is 2. The van der Waals surface area contributed by atoms with Crippen molar-refractivity contribution >= 4 is 15.9 Å². The van der Waals surface area contributed by atoms with Crippen molar-refractivity contribution < 1.29 is 13.2 Å². The van der Waals surface area contributed by atoms with Crippen LogP contribution in [-0.4, -0.2) is 36.2 Å². The summed E-state index contributed by atoms with van der Waals surface area (Å²) in [6.45, 7) is 2.52. The van der Waals surface area contributed by atoms with Crippen molar-refractivity contribution in [2.45, 2.75) is 38.1 Å². The van der Waals surface area contributed by atoms with Gasteiger partial charge in [-0.2, -0.15) is 4.31 Å². The standard InChI is InChI=1S/C19H23N3O3S/c1-15-2-4-17(5-3-15)14-26(24,25)22(12-16-8-10-20-11-9-16)13-18-6-7-19(23)21-18/h2-5,8-11,18H,6-7,12-14H2,1H3,(H,21,23)/t18-/m0/s1. The first-order valence-electron chi connectivity index (χ1n) is 8.64. The van der Waals surface area contributed by atoms with Crippen LogP contribution in [0.2, 0.25) is 0 Å². The number of aromatic nitrogens is 1. The Hall–Kier alpha value is -2.25. The number of rotatable bonds is 7. The van der Waals surface area contributed by atoms with E-state index in [1.54, 1.807) is 12.4 Å². The van der Waals surface area contributed by atoms with Gasteiger partial charge in [0.25, 0.3) is 0 Å². The Morgan fingerprint density at radius 3 is 2.42 bits per heavy atom. The predicted octanol–water partition coefficient (Wildman–Crippen LogP) is 2.00. The van der Waals surface area contributed by atoms with Crippen molar-refractivity contribution in [1.82, 2.24) is 14.6 Å². The van der Waals surface area contributed by atoms with Crippen LogP contribution in [0.4, 0.5) is 0 Å². The summed E-state index contributed by atoms with van der Waals surface area (Å²) >= 11 is 0. The first-order valence-corrected chi connectivity index (χ1v) is 10.2. The predicted molar refractivity (Wildman–Crippen MR) is 99.6 cm³/mol. The Morgan fingerprint density at radius 2 is 1.81 bits per heavy atom. The average molecular weight is 373 g/mol. The maximum Gasteiger partial charge on any atom is 0.220 e. The molecule has 2 aromatic rings. The zero-order valence-electron chi connectivity index (χ0n) is 14.8. The third kappa shape index (κ3) is 4.89. The third-order valence-electron chi connectivity index (χ3n) is 4.48. The van der Waals surface area contributed by atoms with Crippen LogP contribution in [0.3, 0.4) is 0 Å². The van der Waals surface area contributed by atoms with Gasteiger partial charge in [-0.25, -0.2) is 8.42 Å². The molecule has 1 amide bonds. The fourth-order valence-electron chi connectivity index (χ4n) is 3.01. The van der Waals surface area contributed by atoms with Crippen LogP contribution >= 0.6 is 0 Å². The molecule has 0 bridgehead atoms. The first-order chi connectivity index (χ1) is 12.4. The molecule has 0 radical (unpaired) electrons. The molecule has 1 aromatic heterocycles. The molecule has 1 aliphatic rings. The molecule has 2 heterocycles. The van der Waals surface area contributed by atoms with Gasteiger partial charge in [-0.1, -0.05) is 29.8 Å². The number of pyridine rings is 1. The van der Waals surface area contributed by atoms with Gasteiger partial charge < -0.3 is 5.32 Å². The molecule has 1 atom stereocenters. The lowest BCUT2D eigenvalue weighted by Crippen LogP contribution is -2.42. The second-order valence-corrected chi connectivity index (χ2v) is 8.66. The number of aryl methyl sites for hydroxylation is 1. The Kier molecular flexibility index (Phi) is 5.68. The largest absolute Gasteiger partial charge is 0.352 e. The van der Waals surface area contributed by atoms with Gasteiger partial charge in [0.1, 0.15) is 0 Å². The first kappa shape index (κ1) is 18.5. The lowest BCUT2D eigenvalue weighted by molar-refractivity contribution is -0.119. The number of hydrogen-bond acceptors (Lipinski definition) is 4. The van der Waals surface area contributed by atoms with Crippen molar-refractivity contribution in [3.8, 4) is 0 Å². The monoisotopic (exact) mass is 373 g/mol. The molecule has 7 heteroatoms.